The summed E-state index contributed by atoms with van der Waals surface area (Å²) in [4.78, 5) is 0. The van der Waals surface area contributed by atoms with Crippen LogP contribution in [0, 0.1) is 0 Å². The molecule has 0 unspecified atom stereocenters. The zero-order valence-corrected chi connectivity index (χ0v) is 10.4. The Morgan fingerprint density at radius 2 is 2.00 bits per heavy atom. The lowest BCUT2D eigenvalue weighted by molar-refractivity contribution is 0.355. The fourth-order valence-electron chi connectivity index (χ4n) is 2.75. The van der Waals surface area contributed by atoms with Crippen LogP contribution >= 0.6 is 0 Å². The van der Waals surface area contributed by atoms with Crippen molar-refractivity contribution in [2.24, 2.45) is 0 Å². The third kappa shape index (κ3) is 2.10. The second-order valence-electron chi connectivity index (χ2n) is 4.98. The highest BCUT2D eigenvalue weighted by atomic mass is 15.3. The fraction of sp³-hybridized carbons (Fsp3) is 0.429. The number of hydrogen-bond acceptors (Lipinski definition) is 3. The Hall–Kier alpha value is -1.84. The summed E-state index contributed by atoms with van der Waals surface area (Å²) in [7, 11) is 0. The molecule has 0 aliphatic heterocycles. The van der Waals surface area contributed by atoms with E-state index in [0.717, 1.165) is 17.1 Å². The summed E-state index contributed by atoms with van der Waals surface area (Å²) < 4.78 is 2.22. The highest BCUT2D eigenvalue weighted by Gasteiger charge is 2.19. The molecule has 0 atom stereocenters. The zero-order valence-electron chi connectivity index (χ0n) is 10.4. The first kappa shape index (κ1) is 11.3. The van der Waals surface area contributed by atoms with E-state index in [4.69, 9.17) is 5.73 Å². The van der Waals surface area contributed by atoms with Crippen molar-refractivity contribution in [3.63, 3.8) is 0 Å². The quantitative estimate of drug-likeness (QED) is 0.823. The number of nitrogens with zero attached hydrogens (tertiary/aromatic N) is 3. The first-order chi connectivity index (χ1) is 8.84. The summed E-state index contributed by atoms with van der Waals surface area (Å²) >= 11 is 0. The van der Waals surface area contributed by atoms with Crippen LogP contribution in [0.2, 0.25) is 0 Å². The summed E-state index contributed by atoms with van der Waals surface area (Å²) in [5.41, 5.74) is 7.66. The van der Waals surface area contributed by atoms with E-state index in [1.807, 2.05) is 30.6 Å². The number of nitrogen functional groups attached to an aromatic ring is 1. The summed E-state index contributed by atoms with van der Waals surface area (Å²) in [6.45, 7) is 0. The molecule has 1 saturated carbocycles. The molecule has 1 fully saturated rings. The Morgan fingerprint density at radius 1 is 1.17 bits per heavy atom. The van der Waals surface area contributed by atoms with Crippen molar-refractivity contribution in [3.8, 4) is 11.4 Å². The molecule has 1 heterocycles. The lowest BCUT2D eigenvalue weighted by Crippen LogP contribution is -2.13. The number of benzene rings is 1. The maximum Gasteiger partial charge on any atom is 0.164 e. The molecule has 1 aliphatic carbocycles. The van der Waals surface area contributed by atoms with Crippen molar-refractivity contribution >= 4 is 5.69 Å². The Morgan fingerprint density at radius 3 is 2.78 bits per heavy atom. The normalized spacial score (nSPS) is 16.9. The van der Waals surface area contributed by atoms with E-state index in [2.05, 4.69) is 14.8 Å². The van der Waals surface area contributed by atoms with E-state index in [1.165, 1.54) is 32.1 Å². The smallest absolute Gasteiger partial charge is 0.164 e. The van der Waals surface area contributed by atoms with Crippen LogP contribution in [0.4, 0.5) is 5.69 Å². The second kappa shape index (κ2) is 4.80. The monoisotopic (exact) mass is 242 g/mol. The molecule has 1 aromatic carbocycles. The van der Waals surface area contributed by atoms with Crippen LogP contribution in [0.1, 0.15) is 38.1 Å². The average Bonchev–Trinajstić information content (AvgIpc) is 2.89. The van der Waals surface area contributed by atoms with Crippen LogP contribution in [-0.2, 0) is 0 Å². The average molecular weight is 242 g/mol. The molecule has 2 N–H and O–H groups in total. The minimum atomic E-state index is 0.546. The Labute approximate surface area is 107 Å². The first-order valence-electron chi connectivity index (χ1n) is 6.60. The van der Waals surface area contributed by atoms with Crippen LogP contribution in [0.15, 0.2) is 30.6 Å². The van der Waals surface area contributed by atoms with E-state index in [9.17, 15) is 0 Å². The van der Waals surface area contributed by atoms with Gasteiger partial charge in [0.15, 0.2) is 5.82 Å². The van der Waals surface area contributed by atoms with Crippen molar-refractivity contribution in [2.45, 2.75) is 38.1 Å². The van der Waals surface area contributed by atoms with Gasteiger partial charge in [0.1, 0.15) is 6.33 Å². The third-order valence-electron chi connectivity index (χ3n) is 3.69. The molecule has 0 bridgehead atoms. The lowest BCUT2D eigenvalue weighted by Gasteiger charge is -2.24. The molecule has 18 heavy (non-hydrogen) atoms. The maximum absolute atomic E-state index is 5.84. The van der Waals surface area contributed by atoms with Crippen LogP contribution in [0.25, 0.3) is 11.4 Å². The highest BCUT2D eigenvalue weighted by Crippen LogP contribution is 2.31. The van der Waals surface area contributed by atoms with Gasteiger partial charge in [0, 0.05) is 17.3 Å². The Bertz CT molecular complexity index is 526. The van der Waals surface area contributed by atoms with Gasteiger partial charge in [-0.3, -0.25) is 0 Å². The van der Waals surface area contributed by atoms with E-state index in [0.29, 0.717) is 6.04 Å². The summed E-state index contributed by atoms with van der Waals surface area (Å²) in [5.74, 6) is 0.939. The molecule has 4 heteroatoms. The van der Waals surface area contributed by atoms with Gasteiger partial charge in [-0.05, 0) is 25.0 Å². The summed E-state index contributed by atoms with van der Waals surface area (Å²) in [5, 5.41) is 8.34. The predicted octanol–water partition coefficient (Wildman–Crippen LogP) is 3.03. The van der Waals surface area contributed by atoms with Gasteiger partial charge in [-0.15, -0.1) is 10.2 Å². The minimum Gasteiger partial charge on any atom is -0.399 e. The SMILES string of the molecule is Nc1cccc(-c2nncn2C2CCCCC2)c1. The number of rotatable bonds is 2. The van der Waals surface area contributed by atoms with Gasteiger partial charge in [-0.1, -0.05) is 31.4 Å². The van der Waals surface area contributed by atoms with E-state index in [1.54, 1.807) is 0 Å². The summed E-state index contributed by atoms with van der Waals surface area (Å²) in [6, 6.07) is 8.41. The first-order valence-corrected chi connectivity index (χ1v) is 6.60. The van der Waals surface area contributed by atoms with Crippen LogP contribution < -0.4 is 5.73 Å². The van der Waals surface area contributed by atoms with Crippen molar-refractivity contribution in [1.82, 2.24) is 14.8 Å². The molecule has 1 aromatic heterocycles. The van der Waals surface area contributed by atoms with Crippen molar-refractivity contribution in [3.05, 3.63) is 30.6 Å². The maximum atomic E-state index is 5.84. The van der Waals surface area contributed by atoms with Gasteiger partial charge in [0.05, 0.1) is 0 Å². The van der Waals surface area contributed by atoms with Gasteiger partial charge in [0.25, 0.3) is 0 Å². The number of nitrogens with two attached hydrogens (primary N) is 1. The molecule has 0 spiro atoms. The minimum absolute atomic E-state index is 0.546. The number of aromatic nitrogens is 3. The van der Waals surface area contributed by atoms with E-state index < -0.39 is 0 Å². The van der Waals surface area contributed by atoms with Gasteiger partial charge in [0.2, 0.25) is 0 Å². The molecule has 0 saturated heterocycles. The summed E-state index contributed by atoms with van der Waals surface area (Å²) in [6.07, 6.45) is 8.28. The van der Waals surface area contributed by atoms with Gasteiger partial charge in [-0.25, -0.2) is 0 Å². The topological polar surface area (TPSA) is 56.7 Å². The molecule has 2 aromatic rings. The van der Waals surface area contributed by atoms with Crippen molar-refractivity contribution in [1.29, 1.82) is 0 Å². The molecule has 0 amide bonds. The Kier molecular flexibility index (Phi) is 3.00. The molecule has 0 radical (unpaired) electrons. The molecular formula is C14H18N4. The largest absolute Gasteiger partial charge is 0.399 e. The lowest BCUT2D eigenvalue weighted by atomic mass is 9.95. The standard InChI is InChI=1S/C14H18N4/c15-12-6-4-5-11(9-12)14-17-16-10-18(14)13-7-2-1-3-8-13/h4-6,9-10,13H,1-3,7-8,15H2. The highest BCUT2D eigenvalue weighted by molar-refractivity contribution is 5.61. The Balaban J connectivity index is 1.95. The van der Waals surface area contributed by atoms with Gasteiger partial charge < -0.3 is 10.3 Å². The number of hydrogen-bond donors (Lipinski definition) is 1. The molecular weight excluding hydrogens is 224 g/mol. The van der Waals surface area contributed by atoms with Gasteiger partial charge >= 0.3 is 0 Å². The van der Waals surface area contributed by atoms with Crippen molar-refractivity contribution in [2.75, 3.05) is 5.73 Å². The van der Waals surface area contributed by atoms with E-state index >= 15 is 0 Å². The zero-order chi connectivity index (χ0) is 12.4. The van der Waals surface area contributed by atoms with Crippen LogP contribution in [0.5, 0.6) is 0 Å². The molecule has 1 aliphatic rings. The molecule has 3 rings (SSSR count). The van der Waals surface area contributed by atoms with Gasteiger partial charge in [-0.2, -0.15) is 0 Å². The van der Waals surface area contributed by atoms with Crippen LogP contribution in [0.3, 0.4) is 0 Å². The predicted molar refractivity (Wildman–Crippen MR) is 72.0 cm³/mol. The third-order valence-corrected chi connectivity index (χ3v) is 3.69. The second-order valence-corrected chi connectivity index (χ2v) is 4.98. The van der Waals surface area contributed by atoms with E-state index in [-0.39, 0.29) is 0 Å². The van der Waals surface area contributed by atoms with Crippen LogP contribution in [-0.4, -0.2) is 14.8 Å². The molecule has 94 valence electrons. The number of anilines is 1. The molecule has 4 nitrogen and oxygen atoms in total. The fourth-order valence-corrected chi connectivity index (χ4v) is 2.75. The van der Waals surface area contributed by atoms with Crippen molar-refractivity contribution < 1.29 is 0 Å².